The smallest absolute Gasteiger partial charge is 0.267 e. The minimum Gasteiger partial charge on any atom is -0.440 e. The number of carbonyl (C=O) groups excluding carboxylic acids is 1. The Balaban J connectivity index is 1.54. The predicted octanol–water partition coefficient (Wildman–Crippen LogP) is 5.33. The Kier molecular flexibility index (Phi) is 4.26. The average Bonchev–Trinajstić information content (AvgIpc) is 3.29. The Hall–Kier alpha value is -2.99. The first-order chi connectivity index (χ1) is 12.6. The van der Waals surface area contributed by atoms with Crippen LogP contribution in [0.3, 0.4) is 0 Å². The van der Waals surface area contributed by atoms with Crippen LogP contribution in [0.5, 0.6) is 0 Å². The number of thiazole rings is 1. The number of hydrogen-bond donors (Lipinski definition) is 1. The highest BCUT2D eigenvalue weighted by atomic mass is 32.1. The highest BCUT2D eigenvalue weighted by Gasteiger charge is 2.14. The first kappa shape index (κ1) is 16.5. The van der Waals surface area contributed by atoms with Crippen molar-refractivity contribution < 1.29 is 9.21 Å². The van der Waals surface area contributed by atoms with Crippen molar-refractivity contribution in [2.75, 3.05) is 5.32 Å². The van der Waals surface area contributed by atoms with E-state index in [9.17, 15) is 4.79 Å². The van der Waals surface area contributed by atoms with Crippen LogP contribution in [-0.2, 0) is 0 Å². The van der Waals surface area contributed by atoms with Crippen LogP contribution in [0.15, 0.2) is 59.1 Å². The minimum atomic E-state index is -0.184. The molecule has 1 N–H and O–H groups in total. The monoisotopic (exact) mass is 363 g/mol. The van der Waals surface area contributed by atoms with Crippen LogP contribution in [0.1, 0.15) is 35.3 Å². The second-order valence-corrected chi connectivity index (χ2v) is 7.27. The van der Waals surface area contributed by atoms with E-state index in [0.717, 1.165) is 21.7 Å². The average molecular weight is 363 g/mol. The predicted molar refractivity (Wildman–Crippen MR) is 104 cm³/mol. The summed E-state index contributed by atoms with van der Waals surface area (Å²) >= 11 is 1.37. The van der Waals surface area contributed by atoms with Gasteiger partial charge < -0.3 is 9.73 Å². The van der Waals surface area contributed by atoms with Crippen molar-refractivity contribution in [2.45, 2.75) is 19.8 Å². The molecule has 0 spiro atoms. The molecule has 0 fully saturated rings. The van der Waals surface area contributed by atoms with Gasteiger partial charge in [-0.1, -0.05) is 44.2 Å². The van der Waals surface area contributed by atoms with Crippen LogP contribution in [-0.4, -0.2) is 15.9 Å². The van der Waals surface area contributed by atoms with E-state index >= 15 is 0 Å². The molecule has 4 rings (SSSR count). The number of hydrogen-bond acceptors (Lipinski definition) is 5. The molecule has 1 amide bonds. The van der Waals surface area contributed by atoms with Crippen molar-refractivity contribution in [3.05, 3.63) is 65.5 Å². The highest BCUT2D eigenvalue weighted by molar-refractivity contribution is 7.17. The molecule has 0 unspecified atom stereocenters. The normalized spacial score (nSPS) is 11.2. The fourth-order valence-electron chi connectivity index (χ4n) is 2.56. The van der Waals surface area contributed by atoms with Crippen LogP contribution < -0.4 is 5.32 Å². The molecule has 130 valence electrons. The summed E-state index contributed by atoms with van der Waals surface area (Å²) in [6.07, 6.45) is 1.60. The van der Waals surface area contributed by atoms with Crippen molar-refractivity contribution >= 4 is 34.0 Å². The van der Waals surface area contributed by atoms with Gasteiger partial charge >= 0.3 is 0 Å². The Labute approximate surface area is 154 Å². The second-order valence-electron chi connectivity index (χ2n) is 6.24. The van der Waals surface area contributed by atoms with E-state index < -0.39 is 0 Å². The van der Waals surface area contributed by atoms with Gasteiger partial charge in [0.2, 0.25) is 0 Å². The van der Waals surface area contributed by atoms with Gasteiger partial charge in [-0.05, 0) is 18.2 Å². The number of aromatic nitrogens is 2. The van der Waals surface area contributed by atoms with E-state index in [1.807, 2.05) is 62.4 Å². The minimum absolute atomic E-state index is 0.184. The quantitative estimate of drug-likeness (QED) is 0.532. The lowest BCUT2D eigenvalue weighted by Crippen LogP contribution is -2.09. The zero-order valence-electron chi connectivity index (χ0n) is 14.4. The van der Waals surface area contributed by atoms with Crippen molar-refractivity contribution in [1.29, 1.82) is 0 Å². The third-order valence-electron chi connectivity index (χ3n) is 3.91. The Morgan fingerprint density at radius 2 is 1.96 bits per heavy atom. The number of rotatable bonds is 4. The van der Waals surface area contributed by atoms with Crippen LogP contribution >= 0.6 is 11.3 Å². The molecule has 0 aliphatic heterocycles. The number of amides is 1. The van der Waals surface area contributed by atoms with Gasteiger partial charge in [-0.3, -0.25) is 4.79 Å². The van der Waals surface area contributed by atoms with Gasteiger partial charge in [0, 0.05) is 17.2 Å². The molecule has 0 radical (unpaired) electrons. The molecule has 0 bridgehead atoms. The summed E-state index contributed by atoms with van der Waals surface area (Å²) in [5.74, 6) is 0.726. The zero-order valence-corrected chi connectivity index (χ0v) is 15.2. The van der Waals surface area contributed by atoms with E-state index in [-0.39, 0.29) is 11.8 Å². The summed E-state index contributed by atoms with van der Waals surface area (Å²) in [4.78, 5) is 21.9. The van der Waals surface area contributed by atoms with Gasteiger partial charge in [0.05, 0.1) is 6.20 Å². The summed E-state index contributed by atoms with van der Waals surface area (Å²) in [5.41, 5.74) is 3.14. The summed E-state index contributed by atoms with van der Waals surface area (Å²) in [7, 11) is 0. The first-order valence-electron chi connectivity index (χ1n) is 8.33. The van der Waals surface area contributed by atoms with Gasteiger partial charge in [0.25, 0.3) is 5.91 Å². The fourth-order valence-corrected chi connectivity index (χ4v) is 3.37. The third-order valence-corrected chi connectivity index (χ3v) is 4.95. The Bertz CT molecular complexity index is 1070. The molecule has 0 atom stereocenters. The van der Waals surface area contributed by atoms with Crippen LogP contribution in [0.25, 0.3) is 21.7 Å². The molecule has 2 heterocycles. The molecular formula is C20H17N3O2S. The summed E-state index contributed by atoms with van der Waals surface area (Å²) < 4.78 is 5.69. The van der Waals surface area contributed by atoms with Crippen LogP contribution in [0.2, 0.25) is 0 Å². The number of benzene rings is 2. The second kappa shape index (κ2) is 6.72. The maximum absolute atomic E-state index is 12.5. The van der Waals surface area contributed by atoms with E-state index in [0.29, 0.717) is 16.5 Å². The summed E-state index contributed by atoms with van der Waals surface area (Å²) in [6, 6.07) is 15.3. The number of nitrogens with zero attached hydrogens (tertiary/aromatic N) is 2. The lowest BCUT2D eigenvalue weighted by molar-refractivity contribution is 0.103. The van der Waals surface area contributed by atoms with Gasteiger partial charge in [0.15, 0.2) is 11.5 Å². The summed E-state index contributed by atoms with van der Waals surface area (Å²) in [6.45, 7) is 4.06. The van der Waals surface area contributed by atoms with Crippen molar-refractivity contribution in [3.63, 3.8) is 0 Å². The third kappa shape index (κ3) is 3.23. The number of fused-ring (bicyclic) bond motifs is 1. The molecule has 4 aromatic rings. The summed E-state index contributed by atoms with van der Waals surface area (Å²) in [5, 5.41) is 3.73. The van der Waals surface area contributed by atoms with Crippen molar-refractivity contribution in [2.24, 2.45) is 0 Å². The molecule has 0 saturated heterocycles. The van der Waals surface area contributed by atoms with E-state index in [1.165, 1.54) is 11.3 Å². The van der Waals surface area contributed by atoms with Crippen molar-refractivity contribution in [1.82, 2.24) is 9.97 Å². The number of anilines is 1. The van der Waals surface area contributed by atoms with Crippen molar-refractivity contribution in [3.8, 4) is 10.6 Å². The van der Waals surface area contributed by atoms with Crippen LogP contribution in [0, 0.1) is 0 Å². The van der Waals surface area contributed by atoms with Gasteiger partial charge in [-0.25, -0.2) is 9.97 Å². The number of carbonyl (C=O) groups is 1. The molecule has 0 saturated carbocycles. The van der Waals surface area contributed by atoms with Crippen LogP contribution in [0.4, 0.5) is 5.69 Å². The van der Waals surface area contributed by atoms with E-state index in [2.05, 4.69) is 15.3 Å². The Morgan fingerprint density at radius 1 is 1.15 bits per heavy atom. The van der Waals surface area contributed by atoms with E-state index in [1.54, 1.807) is 6.20 Å². The molecule has 5 nitrogen and oxygen atoms in total. The highest BCUT2D eigenvalue weighted by Crippen LogP contribution is 2.27. The standard InChI is InChI=1S/C20H17N3O2S/c1-12(2)19-23-15-10-14(8-9-16(15)25-19)22-18(24)17-11-21-20(26-17)13-6-4-3-5-7-13/h3-12H,1-2H3,(H,22,24). The molecule has 0 aliphatic carbocycles. The van der Waals surface area contributed by atoms with E-state index in [4.69, 9.17) is 4.42 Å². The zero-order chi connectivity index (χ0) is 18.1. The molecule has 2 aromatic carbocycles. The lowest BCUT2D eigenvalue weighted by atomic mass is 10.2. The van der Waals surface area contributed by atoms with Gasteiger partial charge in [-0.2, -0.15) is 0 Å². The Morgan fingerprint density at radius 3 is 2.73 bits per heavy atom. The molecular weight excluding hydrogens is 346 g/mol. The SMILES string of the molecule is CC(C)c1nc2cc(NC(=O)c3cnc(-c4ccccc4)s3)ccc2o1. The number of nitrogens with one attached hydrogen (secondary N) is 1. The maximum Gasteiger partial charge on any atom is 0.267 e. The molecule has 6 heteroatoms. The largest absolute Gasteiger partial charge is 0.440 e. The lowest BCUT2D eigenvalue weighted by Gasteiger charge is -2.02. The molecule has 2 aromatic heterocycles. The maximum atomic E-state index is 12.5. The molecule has 26 heavy (non-hydrogen) atoms. The van der Waals surface area contributed by atoms with Gasteiger partial charge in [-0.15, -0.1) is 11.3 Å². The fraction of sp³-hybridized carbons (Fsp3) is 0.150. The molecule has 0 aliphatic rings. The van der Waals surface area contributed by atoms with Gasteiger partial charge in [0.1, 0.15) is 15.4 Å². The topological polar surface area (TPSA) is 68.0 Å². The first-order valence-corrected chi connectivity index (χ1v) is 9.15. The number of oxazole rings is 1.